The minimum absolute atomic E-state index is 0.373. The lowest BCUT2D eigenvalue weighted by Gasteiger charge is -2.17. The van der Waals surface area contributed by atoms with Crippen molar-refractivity contribution in [2.24, 2.45) is 7.05 Å². The quantitative estimate of drug-likeness (QED) is 0.749. The standard InChI is InChI=1S/C19H19F3N4O/c1-10(13-6-5-7-14(8-13)19(20,21)22)24-18(27)16-9-15-12(3)25-26(4)17(15)23-11(16)2/h5-10H,1-4H3,(H,24,27). The largest absolute Gasteiger partial charge is 0.416 e. The molecule has 1 aromatic carbocycles. The number of carbonyl (C=O) groups is 1. The van der Waals surface area contributed by atoms with Crippen molar-refractivity contribution in [2.75, 3.05) is 0 Å². The lowest BCUT2D eigenvalue weighted by molar-refractivity contribution is -0.137. The van der Waals surface area contributed by atoms with Gasteiger partial charge in [-0.3, -0.25) is 9.48 Å². The summed E-state index contributed by atoms with van der Waals surface area (Å²) >= 11 is 0. The number of amides is 1. The van der Waals surface area contributed by atoms with E-state index in [1.54, 1.807) is 37.7 Å². The zero-order chi connectivity index (χ0) is 19.9. The first-order valence-electron chi connectivity index (χ1n) is 8.37. The maximum Gasteiger partial charge on any atom is 0.416 e. The summed E-state index contributed by atoms with van der Waals surface area (Å²) in [6.07, 6.45) is -4.43. The van der Waals surface area contributed by atoms with Crippen LogP contribution in [0.1, 0.15) is 45.8 Å². The Bertz CT molecular complexity index is 1020. The van der Waals surface area contributed by atoms with E-state index in [4.69, 9.17) is 0 Å². The summed E-state index contributed by atoms with van der Waals surface area (Å²) in [5.41, 5.74) is 1.96. The lowest BCUT2D eigenvalue weighted by atomic mass is 10.0. The first-order chi connectivity index (χ1) is 12.6. The Labute approximate surface area is 154 Å². The van der Waals surface area contributed by atoms with Crippen LogP contribution in [0.25, 0.3) is 11.0 Å². The topological polar surface area (TPSA) is 59.8 Å². The van der Waals surface area contributed by atoms with Gasteiger partial charge < -0.3 is 5.32 Å². The van der Waals surface area contributed by atoms with Crippen LogP contribution in [0, 0.1) is 13.8 Å². The number of alkyl halides is 3. The van der Waals surface area contributed by atoms with Crippen LogP contribution in [-0.2, 0) is 13.2 Å². The minimum Gasteiger partial charge on any atom is -0.345 e. The van der Waals surface area contributed by atoms with E-state index in [-0.39, 0.29) is 0 Å². The van der Waals surface area contributed by atoms with E-state index in [1.807, 2.05) is 6.92 Å². The van der Waals surface area contributed by atoms with Gasteiger partial charge >= 0.3 is 6.18 Å². The van der Waals surface area contributed by atoms with Gasteiger partial charge in [0.05, 0.1) is 28.6 Å². The molecule has 0 saturated carbocycles. The van der Waals surface area contributed by atoms with Crippen LogP contribution >= 0.6 is 0 Å². The van der Waals surface area contributed by atoms with E-state index in [0.717, 1.165) is 23.2 Å². The van der Waals surface area contributed by atoms with E-state index in [0.29, 0.717) is 22.5 Å². The second-order valence-electron chi connectivity index (χ2n) is 6.52. The Morgan fingerprint density at radius 2 is 1.89 bits per heavy atom. The number of benzene rings is 1. The second-order valence-corrected chi connectivity index (χ2v) is 6.52. The Kier molecular flexibility index (Phi) is 4.67. The van der Waals surface area contributed by atoms with Crippen molar-refractivity contribution in [3.8, 4) is 0 Å². The average molecular weight is 376 g/mol. The van der Waals surface area contributed by atoms with E-state index in [1.165, 1.54) is 6.07 Å². The number of aryl methyl sites for hydroxylation is 3. The molecule has 0 radical (unpaired) electrons. The highest BCUT2D eigenvalue weighted by Crippen LogP contribution is 2.30. The lowest BCUT2D eigenvalue weighted by Crippen LogP contribution is -2.27. The molecular weight excluding hydrogens is 357 g/mol. The van der Waals surface area contributed by atoms with E-state index >= 15 is 0 Å². The van der Waals surface area contributed by atoms with Crippen LogP contribution in [0.15, 0.2) is 30.3 Å². The van der Waals surface area contributed by atoms with Crippen LogP contribution in [0.2, 0.25) is 0 Å². The summed E-state index contributed by atoms with van der Waals surface area (Å²) in [5.74, 6) is -0.393. The molecule has 0 aliphatic carbocycles. The highest BCUT2D eigenvalue weighted by atomic mass is 19.4. The Hall–Kier alpha value is -2.90. The summed E-state index contributed by atoms with van der Waals surface area (Å²) in [6, 6.07) is 6.06. The van der Waals surface area contributed by atoms with E-state index in [9.17, 15) is 18.0 Å². The third-order valence-corrected chi connectivity index (χ3v) is 4.50. The molecule has 3 rings (SSSR count). The minimum atomic E-state index is -4.43. The molecule has 0 bridgehead atoms. The summed E-state index contributed by atoms with van der Waals surface area (Å²) in [6.45, 7) is 5.18. The van der Waals surface area contributed by atoms with Gasteiger partial charge in [-0.05, 0) is 44.5 Å². The third-order valence-electron chi connectivity index (χ3n) is 4.50. The van der Waals surface area contributed by atoms with Gasteiger partial charge in [-0.2, -0.15) is 18.3 Å². The molecule has 3 aromatic rings. The molecule has 1 atom stereocenters. The van der Waals surface area contributed by atoms with Crippen LogP contribution in [0.4, 0.5) is 13.2 Å². The number of fused-ring (bicyclic) bond motifs is 1. The highest BCUT2D eigenvalue weighted by Gasteiger charge is 2.30. The fourth-order valence-corrected chi connectivity index (χ4v) is 3.00. The van der Waals surface area contributed by atoms with Crippen LogP contribution in [0.5, 0.6) is 0 Å². The van der Waals surface area contributed by atoms with Crippen molar-refractivity contribution in [3.63, 3.8) is 0 Å². The second kappa shape index (κ2) is 6.68. The average Bonchev–Trinajstić information content (AvgIpc) is 2.87. The number of nitrogens with one attached hydrogen (secondary N) is 1. The maximum atomic E-state index is 12.9. The summed E-state index contributed by atoms with van der Waals surface area (Å²) in [4.78, 5) is 17.1. The van der Waals surface area contributed by atoms with E-state index in [2.05, 4.69) is 15.4 Å². The highest BCUT2D eigenvalue weighted by molar-refractivity contribution is 5.98. The summed E-state index contributed by atoms with van der Waals surface area (Å²) in [5, 5.41) is 7.80. The third kappa shape index (κ3) is 3.65. The Morgan fingerprint density at radius 3 is 2.56 bits per heavy atom. The number of aromatic nitrogens is 3. The predicted molar refractivity (Wildman–Crippen MR) is 95.3 cm³/mol. The SMILES string of the molecule is Cc1nc2c(cc1C(=O)NC(C)c1cccc(C(F)(F)F)c1)c(C)nn2C. The van der Waals surface area contributed by atoms with Gasteiger partial charge in [-0.1, -0.05) is 12.1 Å². The van der Waals surface area contributed by atoms with Gasteiger partial charge in [-0.25, -0.2) is 4.98 Å². The molecule has 1 amide bonds. The van der Waals surface area contributed by atoms with Gasteiger partial charge in [-0.15, -0.1) is 0 Å². The summed E-state index contributed by atoms with van der Waals surface area (Å²) in [7, 11) is 1.78. The first-order valence-corrected chi connectivity index (χ1v) is 8.37. The molecule has 2 aromatic heterocycles. The van der Waals surface area contributed by atoms with Gasteiger partial charge in [0, 0.05) is 12.4 Å². The van der Waals surface area contributed by atoms with Gasteiger partial charge in [0.1, 0.15) is 0 Å². The van der Waals surface area contributed by atoms with Gasteiger partial charge in [0.15, 0.2) is 5.65 Å². The van der Waals surface area contributed by atoms with Crippen LogP contribution < -0.4 is 5.32 Å². The Balaban J connectivity index is 1.88. The number of rotatable bonds is 3. The monoisotopic (exact) mass is 376 g/mol. The molecule has 2 heterocycles. The number of hydrogen-bond donors (Lipinski definition) is 1. The van der Waals surface area contributed by atoms with Crippen molar-refractivity contribution < 1.29 is 18.0 Å². The molecule has 1 N–H and O–H groups in total. The van der Waals surface area contributed by atoms with Crippen molar-refractivity contribution in [2.45, 2.75) is 33.0 Å². The normalized spacial score (nSPS) is 13.0. The number of halogens is 3. The molecule has 0 spiro atoms. The molecule has 8 heteroatoms. The maximum absolute atomic E-state index is 12.9. The number of nitrogens with zero attached hydrogens (tertiary/aromatic N) is 3. The number of pyridine rings is 1. The van der Waals surface area contributed by atoms with Crippen molar-refractivity contribution in [3.05, 3.63) is 58.4 Å². The smallest absolute Gasteiger partial charge is 0.345 e. The molecule has 0 saturated heterocycles. The first kappa shape index (κ1) is 18.9. The van der Waals surface area contributed by atoms with Crippen molar-refractivity contribution >= 4 is 16.9 Å². The molecule has 5 nitrogen and oxygen atoms in total. The zero-order valence-corrected chi connectivity index (χ0v) is 15.3. The fourth-order valence-electron chi connectivity index (χ4n) is 3.00. The number of carbonyl (C=O) groups excluding carboxylic acids is 1. The number of hydrogen-bond acceptors (Lipinski definition) is 3. The molecular formula is C19H19F3N4O. The van der Waals surface area contributed by atoms with Gasteiger partial charge in [0.2, 0.25) is 0 Å². The fraction of sp³-hybridized carbons (Fsp3) is 0.316. The van der Waals surface area contributed by atoms with Crippen LogP contribution in [-0.4, -0.2) is 20.7 Å². The van der Waals surface area contributed by atoms with Gasteiger partial charge in [0.25, 0.3) is 5.91 Å². The molecule has 0 aliphatic heterocycles. The molecule has 1 unspecified atom stereocenters. The molecule has 0 fully saturated rings. The Morgan fingerprint density at radius 1 is 1.19 bits per heavy atom. The molecule has 27 heavy (non-hydrogen) atoms. The molecule has 142 valence electrons. The molecule has 0 aliphatic rings. The van der Waals surface area contributed by atoms with E-state index < -0.39 is 23.7 Å². The predicted octanol–water partition coefficient (Wildman–Crippen LogP) is 4.09. The van der Waals surface area contributed by atoms with Crippen LogP contribution in [0.3, 0.4) is 0 Å². The van der Waals surface area contributed by atoms with Crippen molar-refractivity contribution in [1.82, 2.24) is 20.1 Å². The summed E-state index contributed by atoms with van der Waals surface area (Å²) < 4.78 is 40.3. The zero-order valence-electron chi connectivity index (χ0n) is 15.3. The van der Waals surface area contributed by atoms with Crippen molar-refractivity contribution in [1.29, 1.82) is 0 Å².